The maximum Gasteiger partial charge on any atom is 0.308 e. The van der Waals surface area contributed by atoms with Gasteiger partial charge in [0.15, 0.2) is 11.5 Å². The zero-order valence-corrected chi connectivity index (χ0v) is 27.9. The number of benzene rings is 3. The fourth-order valence-corrected chi connectivity index (χ4v) is 7.40. The Bertz CT molecular complexity index is 1540. The maximum absolute atomic E-state index is 14.5. The summed E-state index contributed by atoms with van der Waals surface area (Å²) in [6.45, 7) is 6.52. The first-order valence-corrected chi connectivity index (χ1v) is 16.8. The Balaban J connectivity index is 1.47. The van der Waals surface area contributed by atoms with Gasteiger partial charge in [0.1, 0.15) is 11.6 Å². The predicted octanol–water partition coefficient (Wildman–Crippen LogP) is 7.36. The van der Waals surface area contributed by atoms with E-state index in [0.29, 0.717) is 35.7 Å². The molecule has 0 radical (unpaired) electrons. The van der Waals surface area contributed by atoms with Crippen LogP contribution < -0.4 is 19.1 Å². The molecule has 8 nitrogen and oxygen atoms in total. The molecule has 9 heteroatoms. The number of nitrogens with zero attached hydrogens (tertiary/aromatic N) is 2. The van der Waals surface area contributed by atoms with Crippen molar-refractivity contribution in [3.8, 4) is 17.2 Å². The summed E-state index contributed by atoms with van der Waals surface area (Å²) in [4.78, 5) is 31.4. The molecule has 0 bridgehead atoms. The summed E-state index contributed by atoms with van der Waals surface area (Å²) in [6, 6.07) is 17.9. The molecule has 0 spiro atoms. The van der Waals surface area contributed by atoms with E-state index >= 15 is 0 Å². The lowest BCUT2D eigenvalue weighted by Gasteiger charge is -2.35. The van der Waals surface area contributed by atoms with Gasteiger partial charge < -0.3 is 24.2 Å². The van der Waals surface area contributed by atoms with Crippen LogP contribution in [0.1, 0.15) is 75.0 Å². The van der Waals surface area contributed by atoms with Gasteiger partial charge in [-0.1, -0.05) is 51.0 Å². The number of aliphatic carboxylic acids is 1. The first-order valence-electron chi connectivity index (χ1n) is 16.8. The molecule has 1 saturated heterocycles. The molecule has 3 atom stereocenters. The van der Waals surface area contributed by atoms with Crippen molar-refractivity contribution in [1.82, 2.24) is 4.90 Å². The quantitative estimate of drug-likeness (QED) is 0.185. The fraction of sp³-hybridized carbons (Fsp3) is 0.474. The van der Waals surface area contributed by atoms with Gasteiger partial charge in [-0.2, -0.15) is 0 Å². The van der Waals surface area contributed by atoms with Crippen molar-refractivity contribution in [2.45, 2.75) is 83.7 Å². The summed E-state index contributed by atoms with van der Waals surface area (Å²) >= 11 is 0. The van der Waals surface area contributed by atoms with Crippen LogP contribution in [-0.4, -0.2) is 61.0 Å². The van der Waals surface area contributed by atoms with E-state index in [-0.39, 0.29) is 43.1 Å². The number of amides is 1. The third-order valence-corrected chi connectivity index (χ3v) is 9.63. The first kappa shape index (κ1) is 34.2. The molecule has 0 saturated carbocycles. The second-order valence-electron chi connectivity index (χ2n) is 12.7. The molecule has 0 aromatic heterocycles. The number of halogens is 1. The zero-order valence-electron chi connectivity index (χ0n) is 27.9. The van der Waals surface area contributed by atoms with Crippen molar-refractivity contribution in [1.29, 1.82) is 0 Å². The van der Waals surface area contributed by atoms with Gasteiger partial charge in [-0.05, 0) is 92.1 Å². The highest BCUT2D eigenvalue weighted by Crippen LogP contribution is 2.43. The van der Waals surface area contributed by atoms with Crippen molar-refractivity contribution < 1.29 is 33.3 Å². The highest BCUT2D eigenvalue weighted by Gasteiger charge is 2.47. The smallest absolute Gasteiger partial charge is 0.308 e. The van der Waals surface area contributed by atoms with Crippen LogP contribution in [0, 0.1) is 18.7 Å². The number of fused-ring (bicyclic) bond motifs is 1. The van der Waals surface area contributed by atoms with Gasteiger partial charge in [0.05, 0.1) is 19.6 Å². The van der Waals surface area contributed by atoms with Gasteiger partial charge >= 0.3 is 5.97 Å². The van der Waals surface area contributed by atoms with Crippen molar-refractivity contribution in [2.24, 2.45) is 5.92 Å². The highest BCUT2D eigenvalue weighted by molar-refractivity contribution is 5.95. The molecule has 1 N–H and O–H groups in total. The lowest BCUT2D eigenvalue weighted by atomic mass is 9.83. The Labute approximate surface area is 277 Å². The average Bonchev–Trinajstić information content (AvgIpc) is 3.67. The Morgan fingerprint density at radius 1 is 1.04 bits per heavy atom. The second kappa shape index (κ2) is 15.7. The predicted molar refractivity (Wildman–Crippen MR) is 180 cm³/mol. The molecule has 3 aromatic rings. The van der Waals surface area contributed by atoms with Crippen LogP contribution in [0.3, 0.4) is 0 Å². The number of likely N-dealkylation sites (tertiary alicyclic amines) is 1. The molecule has 47 heavy (non-hydrogen) atoms. The second-order valence-corrected chi connectivity index (χ2v) is 12.7. The normalized spacial score (nSPS) is 18.9. The van der Waals surface area contributed by atoms with E-state index in [9.17, 15) is 19.1 Å². The van der Waals surface area contributed by atoms with Gasteiger partial charge in [0, 0.05) is 30.2 Å². The summed E-state index contributed by atoms with van der Waals surface area (Å²) in [5.41, 5.74) is 3.08. The molecule has 252 valence electrons. The van der Waals surface area contributed by atoms with Gasteiger partial charge in [0.25, 0.3) is 0 Å². The Morgan fingerprint density at radius 2 is 1.79 bits per heavy atom. The number of carboxylic acid groups (broad SMARTS) is 1. The van der Waals surface area contributed by atoms with Crippen LogP contribution in [-0.2, 0) is 16.0 Å². The molecule has 2 heterocycles. The SMILES string of the molecule is CCCC(CCC)N(C(=O)CN1C[C@H](c2ccc3c(c2)OCO3)C(C(=O)O)[C@@H]1CCCc1ccccc1OC)c1ccc(F)c(C)c1. The van der Waals surface area contributed by atoms with E-state index in [1.807, 2.05) is 47.4 Å². The number of carbonyl (C=O) groups excluding carboxylic acids is 1. The molecule has 1 unspecified atom stereocenters. The zero-order chi connectivity index (χ0) is 33.5. The largest absolute Gasteiger partial charge is 0.496 e. The number of rotatable bonds is 15. The minimum atomic E-state index is -0.884. The minimum Gasteiger partial charge on any atom is -0.496 e. The molecule has 1 amide bonds. The number of carboxylic acids is 1. The van der Waals surface area contributed by atoms with Crippen LogP contribution in [0.25, 0.3) is 0 Å². The van der Waals surface area contributed by atoms with Crippen LogP contribution in [0.15, 0.2) is 60.7 Å². The third kappa shape index (κ3) is 7.73. The Hall–Kier alpha value is -4.11. The number of methoxy groups -OCH3 is 1. The highest BCUT2D eigenvalue weighted by atomic mass is 19.1. The molecule has 2 aliphatic heterocycles. The van der Waals surface area contributed by atoms with Crippen molar-refractivity contribution >= 4 is 17.6 Å². The molecular weight excluding hydrogens is 599 g/mol. The average molecular weight is 647 g/mol. The van der Waals surface area contributed by atoms with E-state index in [1.54, 1.807) is 26.2 Å². The molecule has 1 fully saturated rings. The van der Waals surface area contributed by atoms with Crippen molar-refractivity contribution in [2.75, 3.05) is 31.9 Å². The Morgan fingerprint density at radius 3 is 2.49 bits per heavy atom. The van der Waals surface area contributed by atoms with Gasteiger partial charge in [-0.25, -0.2) is 4.39 Å². The van der Waals surface area contributed by atoms with E-state index in [2.05, 4.69) is 18.7 Å². The number of hydrogen-bond acceptors (Lipinski definition) is 6. The maximum atomic E-state index is 14.5. The van der Waals surface area contributed by atoms with Gasteiger partial charge in [-0.15, -0.1) is 0 Å². The molecular formula is C38H47FN2O6. The van der Waals surface area contributed by atoms with E-state index in [4.69, 9.17) is 14.2 Å². The standard InChI is InChI=1S/C38H47FN2O6/c1-5-10-28(11-6-2)41(29-17-18-31(39)25(3)20-29)36(42)23-40-22-30(27-16-19-34-35(21-27)47-24-46-34)37(38(43)44)32(40)14-9-13-26-12-7-8-15-33(26)45-4/h7-8,12,15-21,28,30,32,37H,5-6,9-11,13-14,22-24H2,1-4H3,(H,43,44)/t30-,32+,37?/m1/s1. The minimum absolute atomic E-state index is 0.0473. The summed E-state index contributed by atoms with van der Waals surface area (Å²) in [6.07, 6.45) is 5.47. The number of hydrogen-bond donors (Lipinski definition) is 1. The Kier molecular flexibility index (Phi) is 11.4. The lowest BCUT2D eigenvalue weighted by molar-refractivity contribution is -0.143. The van der Waals surface area contributed by atoms with Crippen LogP contribution >= 0.6 is 0 Å². The monoisotopic (exact) mass is 646 g/mol. The number of aryl methyl sites for hydroxylation is 2. The van der Waals surface area contributed by atoms with Crippen LogP contribution in [0.4, 0.5) is 10.1 Å². The molecule has 5 rings (SSSR count). The first-order chi connectivity index (χ1) is 22.7. The molecule has 3 aromatic carbocycles. The van der Waals surface area contributed by atoms with E-state index < -0.39 is 11.9 Å². The van der Waals surface area contributed by atoms with Gasteiger partial charge in [-0.3, -0.25) is 14.5 Å². The number of carbonyl (C=O) groups is 2. The van der Waals surface area contributed by atoms with Crippen LogP contribution in [0.2, 0.25) is 0 Å². The fourth-order valence-electron chi connectivity index (χ4n) is 7.40. The van der Waals surface area contributed by atoms with Gasteiger partial charge in [0.2, 0.25) is 12.7 Å². The lowest BCUT2D eigenvalue weighted by Crippen LogP contribution is -2.48. The number of anilines is 1. The third-order valence-electron chi connectivity index (χ3n) is 9.63. The molecule has 2 aliphatic rings. The van der Waals surface area contributed by atoms with Crippen LogP contribution in [0.5, 0.6) is 17.2 Å². The summed E-state index contributed by atoms with van der Waals surface area (Å²) in [7, 11) is 1.65. The molecule has 0 aliphatic carbocycles. The van der Waals surface area contributed by atoms with Crippen molar-refractivity contribution in [3.63, 3.8) is 0 Å². The van der Waals surface area contributed by atoms with Crippen molar-refractivity contribution in [3.05, 3.63) is 83.2 Å². The summed E-state index contributed by atoms with van der Waals surface area (Å²) in [5.74, 6) is -0.329. The number of para-hydroxylation sites is 1. The number of ether oxygens (including phenoxy) is 3. The topological polar surface area (TPSA) is 88.5 Å². The van der Waals surface area contributed by atoms with E-state index in [0.717, 1.165) is 55.4 Å². The summed E-state index contributed by atoms with van der Waals surface area (Å²) < 4.78 is 31.0. The summed E-state index contributed by atoms with van der Waals surface area (Å²) in [5, 5.41) is 10.7. The van der Waals surface area contributed by atoms with E-state index in [1.165, 1.54) is 6.07 Å².